The number of hydrogen-bond acceptors (Lipinski definition) is 2. The lowest BCUT2D eigenvalue weighted by Gasteiger charge is -2.18. The van der Waals surface area contributed by atoms with Gasteiger partial charge in [0.25, 0.3) is 5.91 Å². The largest absolute Gasteiger partial charge is 0.417 e. The Morgan fingerprint density at radius 1 is 1.18 bits per heavy atom. The molecular weight excluding hydrogens is 439 g/mol. The van der Waals surface area contributed by atoms with Crippen LogP contribution in [0.3, 0.4) is 0 Å². The van der Waals surface area contributed by atoms with Crippen LogP contribution in [-0.4, -0.2) is 35.3 Å². The summed E-state index contributed by atoms with van der Waals surface area (Å²) in [6, 6.07) is 8.97. The number of hydrogen-bond donors (Lipinski definition) is 0. The number of halogens is 3. The smallest absolute Gasteiger partial charge is 0.366 e. The normalized spacial score (nSPS) is 12.5. The van der Waals surface area contributed by atoms with Crippen molar-refractivity contribution in [3.05, 3.63) is 64.8 Å². The molecule has 0 bridgehead atoms. The third kappa shape index (κ3) is 5.69. The van der Waals surface area contributed by atoms with Gasteiger partial charge in [-0.05, 0) is 67.6 Å². The summed E-state index contributed by atoms with van der Waals surface area (Å²) in [6.45, 7) is 12.8. The molecule has 0 saturated carbocycles. The molecule has 1 atom stereocenters. The molecule has 7 heteroatoms. The lowest BCUT2D eigenvalue weighted by atomic mass is 9.91. The van der Waals surface area contributed by atoms with Crippen molar-refractivity contribution in [1.82, 2.24) is 9.47 Å². The van der Waals surface area contributed by atoms with Crippen LogP contribution >= 0.6 is 0 Å². The van der Waals surface area contributed by atoms with Gasteiger partial charge in [0, 0.05) is 30.7 Å². The number of carbonyl (C=O) groups excluding carboxylic acids is 1. The van der Waals surface area contributed by atoms with Crippen molar-refractivity contribution >= 4 is 28.8 Å². The SMILES string of the molecule is CC.CCC(C)c1cc(N=CN(C)CC)c(C)cc1C(=O)n1ccc2c(C(F)(F)F)cccc21. The zero-order chi connectivity index (χ0) is 25.6. The van der Waals surface area contributed by atoms with Gasteiger partial charge >= 0.3 is 6.18 Å². The van der Waals surface area contributed by atoms with Crippen LogP contribution in [0.25, 0.3) is 10.9 Å². The summed E-state index contributed by atoms with van der Waals surface area (Å²) < 4.78 is 41.5. The van der Waals surface area contributed by atoms with Crippen LogP contribution in [0.4, 0.5) is 18.9 Å². The molecule has 0 amide bonds. The topological polar surface area (TPSA) is 37.6 Å². The van der Waals surface area contributed by atoms with Crippen molar-refractivity contribution in [1.29, 1.82) is 0 Å². The van der Waals surface area contributed by atoms with Gasteiger partial charge in [0.15, 0.2) is 0 Å². The standard InChI is InChI=1S/C25H28F3N3O.C2H6/c1-6-16(3)19-14-22(29-15-30(5)7-2)17(4)13-20(19)24(32)31-12-11-18-21(25(26,27)28)9-8-10-23(18)31;1-2/h8-16H,6-7H2,1-5H3;1-2H3. The van der Waals surface area contributed by atoms with Gasteiger partial charge in [0.1, 0.15) is 0 Å². The molecule has 0 fully saturated rings. The molecule has 0 aliphatic heterocycles. The van der Waals surface area contributed by atoms with Crippen molar-refractivity contribution in [3.63, 3.8) is 0 Å². The lowest BCUT2D eigenvalue weighted by molar-refractivity contribution is -0.136. The molecule has 1 aromatic heterocycles. The number of carbonyl (C=O) groups is 1. The van der Waals surface area contributed by atoms with Crippen molar-refractivity contribution in [2.45, 2.75) is 60.1 Å². The van der Waals surface area contributed by atoms with Gasteiger partial charge in [-0.25, -0.2) is 4.99 Å². The molecule has 2 aromatic carbocycles. The summed E-state index contributed by atoms with van der Waals surface area (Å²) in [5, 5.41) is 0.0129. The minimum Gasteiger partial charge on any atom is -0.366 e. The molecule has 0 radical (unpaired) electrons. The van der Waals surface area contributed by atoms with E-state index in [4.69, 9.17) is 0 Å². The van der Waals surface area contributed by atoms with E-state index in [0.717, 1.165) is 35.8 Å². The Hall–Kier alpha value is -3.09. The average Bonchev–Trinajstić information content (AvgIpc) is 3.26. The van der Waals surface area contributed by atoms with Crippen LogP contribution in [0.5, 0.6) is 0 Å². The minimum atomic E-state index is -4.49. The van der Waals surface area contributed by atoms with E-state index in [-0.39, 0.29) is 22.7 Å². The van der Waals surface area contributed by atoms with Gasteiger partial charge in [0.2, 0.25) is 0 Å². The van der Waals surface area contributed by atoms with E-state index in [0.29, 0.717) is 5.56 Å². The first-order valence-corrected chi connectivity index (χ1v) is 11.7. The summed E-state index contributed by atoms with van der Waals surface area (Å²) in [4.78, 5) is 20.0. The van der Waals surface area contributed by atoms with Crippen LogP contribution < -0.4 is 0 Å². The molecule has 1 unspecified atom stereocenters. The Labute approximate surface area is 200 Å². The van der Waals surface area contributed by atoms with Gasteiger partial charge in [-0.2, -0.15) is 13.2 Å². The molecule has 0 spiro atoms. The summed E-state index contributed by atoms with van der Waals surface area (Å²) in [7, 11) is 1.93. The highest BCUT2D eigenvalue weighted by Gasteiger charge is 2.33. The first kappa shape index (κ1) is 27.2. The average molecular weight is 474 g/mol. The van der Waals surface area contributed by atoms with E-state index in [1.165, 1.54) is 29.0 Å². The fourth-order valence-corrected chi connectivity index (χ4v) is 3.63. The number of fused-ring (bicyclic) bond motifs is 1. The predicted molar refractivity (Wildman–Crippen MR) is 134 cm³/mol. The molecule has 34 heavy (non-hydrogen) atoms. The van der Waals surface area contributed by atoms with E-state index in [9.17, 15) is 18.0 Å². The molecule has 3 aromatic rings. The Kier molecular flexibility index (Phi) is 9.07. The molecule has 184 valence electrons. The maximum absolute atomic E-state index is 13.5. The van der Waals surface area contributed by atoms with Gasteiger partial charge in [-0.15, -0.1) is 0 Å². The summed E-state index contributed by atoms with van der Waals surface area (Å²) >= 11 is 0. The van der Waals surface area contributed by atoms with Gasteiger partial charge in [-0.1, -0.05) is 33.8 Å². The Morgan fingerprint density at radius 2 is 1.85 bits per heavy atom. The van der Waals surface area contributed by atoms with Crippen LogP contribution in [0.2, 0.25) is 0 Å². The molecule has 4 nitrogen and oxygen atoms in total. The number of alkyl halides is 3. The van der Waals surface area contributed by atoms with Crippen LogP contribution in [-0.2, 0) is 6.18 Å². The number of rotatable bonds is 6. The van der Waals surface area contributed by atoms with E-state index >= 15 is 0 Å². The van der Waals surface area contributed by atoms with Crippen LogP contribution in [0.15, 0.2) is 47.6 Å². The highest BCUT2D eigenvalue weighted by molar-refractivity contribution is 6.04. The Morgan fingerprint density at radius 3 is 2.44 bits per heavy atom. The zero-order valence-corrected chi connectivity index (χ0v) is 21.0. The maximum atomic E-state index is 13.5. The molecule has 0 aliphatic rings. The first-order chi connectivity index (χ1) is 16.1. The van der Waals surface area contributed by atoms with Crippen molar-refractivity contribution < 1.29 is 18.0 Å². The van der Waals surface area contributed by atoms with E-state index in [1.807, 2.05) is 59.6 Å². The van der Waals surface area contributed by atoms with E-state index in [2.05, 4.69) is 4.99 Å². The fourth-order valence-electron chi connectivity index (χ4n) is 3.63. The minimum absolute atomic E-state index is 0.0129. The summed E-state index contributed by atoms with van der Waals surface area (Å²) in [6.07, 6.45) is -0.507. The number of nitrogens with zero attached hydrogens (tertiary/aromatic N) is 3. The monoisotopic (exact) mass is 473 g/mol. The molecule has 0 aliphatic carbocycles. The predicted octanol–water partition coefficient (Wildman–Crippen LogP) is 7.81. The van der Waals surface area contributed by atoms with Crippen LogP contribution in [0, 0.1) is 6.92 Å². The molecule has 1 heterocycles. The quantitative estimate of drug-likeness (QED) is 0.270. The number of aryl methyl sites for hydroxylation is 1. The second-order valence-corrected chi connectivity index (χ2v) is 8.08. The molecule has 0 N–H and O–H groups in total. The Balaban J connectivity index is 0.00000199. The third-order valence-corrected chi connectivity index (χ3v) is 5.89. The lowest BCUT2D eigenvalue weighted by Crippen LogP contribution is -2.16. The second-order valence-electron chi connectivity index (χ2n) is 8.08. The third-order valence-electron chi connectivity index (χ3n) is 5.89. The maximum Gasteiger partial charge on any atom is 0.417 e. The van der Waals surface area contributed by atoms with Gasteiger partial charge in [-0.3, -0.25) is 9.36 Å². The van der Waals surface area contributed by atoms with E-state index in [1.54, 1.807) is 12.4 Å². The van der Waals surface area contributed by atoms with Gasteiger partial charge < -0.3 is 4.90 Å². The highest BCUT2D eigenvalue weighted by atomic mass is 19.4. The van der Waals surface area contributed by atoms with E-state index < -0.39 is 11.7 Å². The summed E-state index contributed by atoms with van der Waals surface area (Å²) in [5.41, 5.74) is 2.41. The van der Waals surface area contributed by atoms with Crippen molar-refractivity contribution in [2.24, 2.45) is 4.99 Å². The second kappa shape index (κ2) is 11.4. The van der Waals surface area contributed by atoms with Crippen molar-refractivity contribution in [2.75, 3.05) is 13.6 Å². The highest BCUT2D eigenvalue weighted by Crippen LogP contribution is 2.36. The number of aromatic nitrogens is 1. The summed E-state index contributed by atoms with van der Waals surface area (Å²) in [5.74, 6) is -0.265. The van der Waals surface area contributed by atoms with Crippen molar-refractivity contribution in [3.8, 4) is 0 Å². The molecule has 0 saturated heterocycles. The number of aliphatic imine (C=N–C) groups is 1. The first-order valence-electron chi connectivity index (χ1n) is 11.7. The molecule has 3 rings (SSSR count). The van der Waals surface area contributed by atoms with Gasteiger partial charge in [0.05, 0.1) is 23.1 Å². The molecular formula is C27H34F3N3O. The number of benzene rings is 2. The fraction of sp³-hybridized carbons (Fsp3) is 0.407. The van der Waals surface area contributed by atoms with Crippen LogP contribution in [0.1, 0.15) is 74.0 Å². The Bertz CT molecular complexity index is 1160. The zero-order valence-electron chi connectivity index (χ0n) is 21.0.